The molecule has 0 aliphatic heterocycles. The van der Waals surface area contributed by atoms with Gasteiger partial charge in [-0.1, -0.05) is 30.3 Å². The number of likely N-dealkylation sites (N-methyl/N-ethyl adjacent to an activating group) is 1. The first-order chi connectivity index (χ1) is 10.7. The van der Waals surface area contributed by atoms with Gasteiger partial charge < -0.3 is 15.0 Å². The number of ether oxygens (including phenoxy) is 1. The van der Waals surface area contributed by atoms with Gasteiger partial charge in [-0.25, -0.2) is 0 Å². The van der Waals surface area contributed by atoms with Gasteiger partial charge in [-0.2, -0.15) is 0 Å². The van der Waals surface area contributed by atoms with Gasteiger partial charge >= 0.3 is 0 Å². The number of carbonyl (C=O) groups is 1. The predicted molar refractivity (Wildman–Crippen MR) is 96.3 cm³/mol. The Balaban J connectivity index is 0.00000264. The zero-order valence-corrected chi connectivity index (χ0v) is 14.3. The molecule has 1 N–H and O–H groups in total. The Labute approximate surface area is 143 Å². The lowest BCUT2D eigenvalue weighted by Gasteiger charge is -2.21. The quantitative estimate of drug-likeness (QED) is 0.841. The average molecular weight is 335 g/mol. The minimum atomic E-state index is 0. The van der Waals surface area contributed by atoms with E-state index in [0.717, 1.165) is 17.0 Å². The molecule has 5 heteroatoms. The van der Waals surface area contributed by atoms with Gasteiger partial charge in [0.05, 0.1) is 13.7 Å². The molecule has 4 nitrogen and oxygen atoms in total. The molecule has 0 heterocycles. The minimum absolute atomic E-state index is 0. The van der Waals surface area contributed by atoms with Crippen LogP contribution in [0.3, 0.4) is 0 Å². The fourth-order valence-electron chi connectivity index (χ4n) is 2.17. The molecule has 23 heavy (non-hydrogen) atoms. The van der Waals surface area contributed by atoms with Crippen LogP contribution >= 0.6 is 12.4 Å². The maximum Gasteiger partial charge on any atom is 0.242 e. The molecule has 0 aliphatic carbocycles. The van der Waals surface area contributed by atoms with E-state index in [0.29, 0.717) is 19.6 Å². The maximum absolute atomic E-state index is 12.3. The average Bonchev–Trinajstić information content (AvgIpc) is 2.59. The van der Waals surface area contributed by atoms with Crippen molar-refractivity contribution in [1.82, 2.24) is 4.90 Å². The van der Waals surface area contributed by atoms with Crippen molar-refractivity contribution in [2.75, 3.05) is 25.5 Å². The second-order valence-electron chi connectivity index (χ2n) is 4.98. The number of rotatable bonds is 7. The molecular formula is C18H23ClN2O2. The highest BCUT2D eigenvalue weighted by Gasteiger charge is 2.11. The molecule has 2 aromatic rings. The zero-order valence-electron chi connectivity index (χ0n) is 13.5. The van der Waals surface area contributed by atoms with E-state index >= 15 is 0 Å². The van der Waals surface area contributed by atoms with Crippen LogP contribution in [0.15, 0.2) is 54.6 Å². The maximum atomic E-state index is 12.3. The molecule has 2 rings (SSSR count). The van der Waals surface area contributed by atoms with Crippen LogP contribution in [0.25, 0.3) is 0 Å². The van der Waals surface area contributed by atoms with Gasteiger partial charge in [0.25, 0.3) is 0 Å². The van der Waals surface area contributed by atoms with Crippen molar-refractivity contribution in [3.8, 4) is 5.75 Å². The number of nitrogens with zero attached hydrogens (tertiary/aromatic N) is 1. The van der Waals surface area contributed by atoms with E-state index in [4.69, 9.17) is 4.74 Å². The third kappa shape index (κ3) is 5.83. The normalized spacial score (nSPS) is 9.65. The highest BCUT2D eigenvalue weighted by atomic mass is 35.5. The zero-order chi connectivity index (χ0) is 15.8. The van der Waals surface area contributed by atoms with Crippen LogP contribution in [0.1, 0.15) is 12.5 Å². The smallest absolute Gasteiger partial charge is 0.242 e. The number of halogens is 1. The Morgan fingerprint density at radius 1 is 1.09 bits per heavy atom. The number of methoxy groups -OCH3 is 1. The van der Waals surface area contributed by atoms with E-state index in [-0.39, 0.29) is 18.3 Å². The van der Waals surface area contributed by atoms with Crippen molar-refractivity contribution in [1.29, 1.82) is 0 Å². The molecular weight excluding hydrogens is 312 g/mol. The molecule has 124 valence electrons. The van der Waals surface area contributed by atoms with Crippen molar-refractivity contribution in [3.63, 3.8) is 0 Å². The van der Waals surface area contributed by atoms with Crippen molar-refractivity contribution in [2.24, 2.45) is 0 Å². The fourth-order valence-corrected chi connectivity index (χ4v) is 2.17. The van der Waals surface area contributed by atoms with Gasteiger partial charge in [0, 0.05) is 18.8 Å². The van der Waals surface area contributed by atoms with Crippen LogP contribution in [-0.4, -0.2) is 31.0 Å². The summed E-state index contributed by atoms with van der Waals surface area (Å²) in [5.74, 6) is 0.908. The molecule has 0 aromatic heterocycles. The lowest BCUT2D eigenvalue weighted by atomic mass is 10.2. The summed E-state index contributed by atoms with van der Waals surface area (Å²) in [5.41, 5.74) is 2.05. The van der Waals surface area contributed by atoms with Gasteiger partial charge in [-0.05, 0) is 36.8 Å². The van der Waals surface area contributed by atoms with Crippen LogP contribution in [0, 0.1) is 0 Å². The predicted octanol–water partition coefficient (Wildman–Crippen LogP) is 3.58. The van der Waals surface area contributed by atoms with E-state index in [1.165, 1.54) is 0 Å². The van der Waals surface area contributed by atoms with Crippen LogP contribution in [0.4, 0.5) is 5.69 Å². The number of anilines is 1. The number of para-hydroxylation sites is 1. The number of nitrogens with one attached hydrogen (secondary N) is 1. The van der Waals surface area contributed by atoms with Crippen molar-refractivity contribution >= 4 is 24.0 Å². The molecule has 0 aliphatic rings. The fraction of sp³-hybridized carbons (Fsp3) is 0.278. The van der Waals surface area contributed by atoms with Crippen LogP contribution in [0.2, 0.25) is 0 Å². The van der Waals surface area contributed by atoms with Crippen LogP contribution < -0.4 is 10.1 Å². The summed E-state index contributed by atoms with van der Waals surface area (Å²) in [5, 5.41) is 3.15. The summed E-state index contributed by atoms with van der Waals surface area (Å²) >= 11 is 0. The first kappa shape index (κ1) is 18.8. The first-order valence-corrected chi connectivity index (χ1v) is 7.42. The number of amides is 1. The van der Waals surface area contributed by atoms with Crippen molar-refractivity contribution in [2.45, 2.75) is 13.5 Å². The summed E-state index contributed by atoms with van der Waals surface area (Å²) in [6.45, 7) is 3.58. The molecule has 0 radical (unpaired) electrons. The largest absolute Gasteiger partial charge is 0.497 e. The summed E-state index contributed by atoms with van der Waals surface area (Å²) in [6, 6.07) is 17.5. The molecule has 1 amide bonds. The second kappa shape index (κ2) is 9.74. The molecule has 0 saturated heterocycles. The standard InChI is InChI=1S/C18H22N2O2.ClH/c1-3-20(14-15-9-11-17(22-2)12-10-15)18(21)13-19-16-7-5-4-6-8-16;/h4-12,19H,3,13-14H2,1-2H3;1H. The molecule has 0 atom stereocenters. The molecule has 0 unspecified atom stereocenters. The van der Waals surface area contributed by atoms with Crippen LogP contribution in [0.5, 0.6) is 5.75 Å². The third-order valence-corrected chi connectivity index (χ3v) is 3.48. The topological polar surface area (TPSA) is 41.6 Å². The SMILES string of the molecule is CCN(Cc1ccc(OC)cc1)C(=O)CNc1ccccc1.Cl. The van der Waals surface area contributed by atoms with E-state index in [2.05, 4.69) is 5.32 Å². The Morgan fingerprint density at radius 2 is 1.74 bits per heavy atom. The van der Waals surface area contributed by atoms with Gasteiger partial charge in [-0.3, -0.25) is 4.79 Å². The Morgan fingerprint density at radius 3 is 2.30 bits per heavy atom. The lowest BCUT2D eigenvalue weighted by molar-refractivity contribution is -0.129. The molecule has 0 saturated carbocycles. The van der Waals surface area contributed by atoms with E-state index in [1.54, 1.807) is 7.11 Å². The van der Waals surface area contributed by atoms with Crippen LogP contribution in [-0.2, 0) is 11.3 Å². The summed E-state index contributed by atoms with van der Waals surface area (Å²) < 4.78 is 5.14. The van der Waals surface area contributed by atoms with E-state index < -0.39 is 0 Å². The van der Waals surface area contributed by atoms with Crippen molar-refractivity contribution < 1.29 is 9.53 Å². The second-order valence-corrected chi connectivity index (χ2v) is 4.98. The summed E-state index contributed by atoms with van der Waals surface area (Å²) in [4.78, 5) is 14.1. The van der Waals surface area contributed by atoms with E-state index in [1.807, 2.05) is 66.4 Å². The van der Waals surface area contributed by atoms with Gasteiger partial charge in [0.1, 0.15) is 5.75 Å². The highest BCUT2D eigenvalue weighted by molar-refractivity contribution is 5.85. The minimum Gasteiger partial charge on any atom is -0.497 e. The lowest BCUT2D eigenvalue weighted by Crippen LogP contribution is -2.34. The first-order valence-electron chi connectivity index (χ1n) is 7.42. The Hall–Kier alpha value is -2.20. The van der Waals surface area contributed by atoms with Gasteiger partial charge in [0.15, 0.2) is 0 Å². The molecule has 0 fully saturated rings. The van der Waals surface area contributed by atoms with Gasteiger partial charge in [-0.15, -0.1) is 12.4 Å². The molecule has 0 spiro atoms. The van der Waals surface area contributed by atoms with Crippen molar-refractivity contribution in [3.05, 3.63) is 60.2 Å². The van der Waals surface area contributed by atoms with E-state index in [9.17, 15) is 4.79 Å². The molecule has 2 aromatic carbocycles. The summed E-state index contributed by atoms with van der Waals surface area (Å²) in [6.07, 6.45) is 0. The Bertz CT molecular complexity index is 588. The number of benzene rings is 2. The van der Waals surface area contributed by atoms with Gasteiger partial charge in [0.2, 0.25) is 5.91 Å². The summed E-state index contributed by atoms with van der Waals surface area (Å²) in [7, 11) is 1.64. The third-order valence-electron chi connectivity index (χ3n) is 3.48. The highest BCUT2D eigenvalue weighted by Crippen LogP contribution is 2.13. The molecule has 0 bridgehead atoms. The monoisotopic (exact) mass is 334 g/mol. The number of carbonyl (C=O) groups excluding carboxylic acids is 1. The Kier molecular flexibility index (Phi) is 7.98. The number of hydrogen-bond donors (Lipinski definition) is 1. The number of hydrogen-bond acceptors (Lipinski definition) is 3.